The maximum atomic E-state index is 9.83. The summed E-state index contributed by atoms with van der Waals surface area (Å²) < 4.78 is 0. The summed E-state index contributed by atoms with van der Waals surface area (Å²) in [5.41, 5.74) is 0. The number of carbonyl (C=O) groups is 2. The van der Waals surface area contributed by atoms with Crippen LogP contribution in [0.2, 0.25) is 0 Å². The Balaban J connectivity index is 0. The van der Waals surface area contributed by atoms with E-state index in [1.807, 2.05) is 0 Å². The zero-order valence-electron chi connectivity index (χ0n) is 5.22. The van der Waals surface area contributed by atoms with Crippen molar-refractivity contribution < 1.29 is 42.2 Å². The van der Waals surface area contributed by atoms with Gasteiger partial charge in [0.25, 0.3) is 0 Å². The number of hydrogen-bond acceptors (Lipinski definition) is 4. The SMILES string of the molecule is CC(CC(=O)[O-])C(=O)[O-].[Ag]. The number of carboxylic acid groups (broad SMARTS) is 2. The maximum Gasteiger partial charge on any atom is 0.0446 e. The summed E-state index contributed by atoms with van der Waals surface area (Å²) in [6, 6.07) is 0. The van der Waals surface area contributed by atoms with Crippen LogP contribution in [-0.4, -0.2) is 11.9 Å². The van der Waals surface area contributed by atoms with Crippen molar-refractivity contribution in [1.29, 1.82) is 0 Å². The van der Waals surface area contributed by atoms with Gasteiger partial charge < -0.3 is 19.8 Å². The van der Waals surface area contributed by atoms with Gasteiger partial charge in [-0.05, 0) is 6.42 Å². The summed E-state index contributed by atoms with van der Waals surface area (Å²) in [5.74, 6) is -3.69. The normalized spacial score (nSPS) is 11.3. The molecule has 0 aromatic rings. The van der Waals surface area contributed by atoms with Gasteiger partial charge in [-0.25, -0.2) is 0 Å². The first-order valence-corrected chi connectivity index (χ1v) is 2.44. The summed E-state index contributed by atoms with van der Waals surface area (Å²) in [5, 5.41) is 19.5. The molecule has 1 radical (unpaired) electrons. The molecule has 1 atom stereocenters. The van der Waals surface area contributed by atoms with E-state index in [0.29, 0.717) is 0 Å². The molecular formula is C5H6AgO4-2. The summed E-state index contributed by atoms with van der Waals surface area (Å²) in [6.45, 7) is 1.26. The van der Waals surface area contributed by atoms with Crippen LogP contribution in [0.1, 0.15) is 13.3 Å². The van der Waals surface area contributed by atoms with E-state index in [1.54, 1.807) is 0 Å². The molecule has 0 aromatic heterocycles. The fourth-order valence-corrected chi connectivity index (χ4v) is 0.333. The first-order valence-electron chi connectivity index (χ1n) is 2.44. The molecule has 0 aliphatic heterocycles. The molecule has 0 saturated heterocycles. The van der Waals surface area contributed by atoms with E-state index in [0.717, 1.165) is 0 Å². The van der Waals surface area contributed by atoms with Crippen LogP contribution in [0, 0.1) is 5.92 Å². The zero-order chi connectivity index (χ0) is 7.44. The van der Waals surface area contributed by atoms with Gasteiger partial charge in [0, 0.05) is 40.2 Å². The van der Waals surface area contributed by atoms with Gasteiger partial charge in [0.05, 0.1) is 0 Å². The second-order valence-corrected chi connectivity index (χ2v) is 1.80. The van der Waals surface area contributed by atoms with Gasteiger partial charge in [-0.1, -0.05) is 6.92 Å². The van der Waals surface area contributed by atoms with E-state index in [1.165, 1.54) is 6.92 Å². The molecule has 1 unspecified atom stereocenters. The van der Waals surface area contributed by atoms with E-state index in [2.05, 4.69) is 0 Å². The van der Waals surface area contributed by atoms with Crippen molar-refractivity contribution in [3.63, 3.8) is 0 Å². The van der Waals surface area contributed by atoms with E-state index < -0.39 is 24.3 Å². The smallest absolute Gasteiger partial charge is 0.0446 e. The minimum Gasteiger partial charge on any atom is -0.550 e. The van der Waals surface area contributed by atoms with Crippen molar-refractivity contribution in [2.45, 2.75) is 13.3 Å². The van der Waals surface area contributed by atoms with E-state index in [9.17, 15) is 19.8 Å². The number of carboxylic acids is 2. The Morgan fingerprint density at radius 1 is 1.40 bits per heavy atom. The minimum atomic E-state index is -1.37. The van der Waals surface area contributed by atoms with Gasteiger partial charge in [0.15, 0.2) is 0 Å². The Bertz CT molecular complexity index is 134. The fraction of sp³-hybridized carbons (Fsp3) is 0.600. The molecule has 0 spiro atoms. The molecule has 63 valence electrons. The first kappa shape index (κ1) is 12.4. The molecular weight excluding hydrogens is 232 g/mol. The third kappa shape index (κ3) is 5.81. The van der Waals surface area contributed by atoms with Gasteiger partial charge in [-0.2, -0.15) is 0 Å². The van der Waals surface area contributed by atoms with Crippen LogP contribution in [0.5, 0.6) is 0 Å². The molecule has 4 nitrogen and oxygen atoms in total. The third-order valence-electron chi connectivity index (χ3n) is 0.875. The minimum absolute atomic E-state index is 0. The van der Waals surface area contributed by atoms with Crippen LogP contribution in [0.15, 0.2) is 0 Å². The van der Waals surface area contributed by atoms with E-state index in [4.69, 9.17) is 0 Å². The summed E-state index contributed by atoms with van der Waals surface area (Å²) >= 11 is 0. The van der Waals surface area contributed by atoms with Crippen LogP contribution in [-0.2, 0) is 32.0 Å². The average Bonchev–Trinajstić information content (AvgIpc) is 1.63. The average molecular weight is 238 g/mol. The molecule has 0 rings (SSSR count). The van der Waals surface area contributed by atoms with Crippen LogP contribution in [0.4, 0.5) is 0 Å². The monoisotopic (exact) mass is 237 g/mol. The van der Waals surface area contributed by atoms with Crippen molar-refractivity contribution in [3.8, 4) is 0 Å². The molecule has 5 heteroatoms. The Labute approximate surface area is 73.7 Å². The quantitative estimate of drug-likeness (QED) is 0.509. The van der Waals surface area contributed by atoms with Gasteiger partial charge in [0.1, 0.15) is 0 Å². The predicted octanol–water partition coefficient (Wildman–Crippen LogP) is -2.49. The third-order valence-corrected chi connectivity index (χ3v) is 0.875. The van der Waals surface area contributed by atoms with Gasteiger partial charge in [-0.15, -0.1) is 0 Å². The van der Waals surface area contributed by atoms with Gasteiger partial charge in [0.2, 0.25) is 0 Å². The van der Waals surface area contributed by atoms with Crippen molar-refractivity contribution in [2.75, 3.05) is 0 Å². The maximum absolute atomic E-state index is 9.83. The molecule has 10 heavy (non-hydrogen) atoms. The Morgan fingerprint density at radius 3 is 1.90 bits per heavy atom. The van der Waals surface area contributed by atoms with Crippen LogP contribution < -0.4 is 10.2 Å². The van der Waals surface area contributed by atoms with Crippen molar-refractivity contribution in [2.24, 2.45) is 5.92 Å². The fourth-order valence-electron chi connectivity index (χ4n) is 0.333. The first-order chi connectivity index (χ1) is 4.04. The second kappa shape index (κ2) is 5.46. The van der Waals surface area contributed by atoms with Gasteiger partial charge >= 0.3 is 0 Å². The molecule has 0 aliphatic rings. The van der Waals surface area contributed by atoms with Crippen LogP contribution in [0.3, 0.4) is 0 Å². The van der Waals surface area contributed by atoms with E-state index >= 15 is 0 Å². The van der Waals surface area contributed by atoms with Crippen LogP contribution >= 0.6 is 0 Å². The molecule has 0 bridgehead atoms. The number of aliphatic carboxylic acids is 2. The largest absolute Gasteiger partial charge is 0.550 e. The predicted molar refractivity (Wildman–Crippen MR) is 23.8 cm³/mol. The summed E-state index contributed by atoms with van der Waals surface area (Å²) in [4.78, 5) is 19.5. The zero-order valence-corrected chi connectivity index (χ0v) is 6.70. The van der Waals surface area contributed by atoms with E-state index in [-0.39, 0.29) is 22.4 Å². The summed E-state index contributed by atoms with van der Waals surface area (Å²) in [6.07, 6.45) is -0.484. The Morgan fingerprint density at radius 2 is 1.80 bits per heavy atom. The molecule has 0 fully saturated rings. The molecule has 0 aliphatic carbocycles. The van der Waals surface area contributed by atoms with Gasteiger partial charge in [-0.3, -0.25) is 0 Å². The molecule has 0 aromatic carbocycles. The standard InChI is InChI=1S/C5H8O4.Ag/c1-3(5(8)9)2-4(6)7;/h3H,2H2,1H3,(H,6,7)(H,8,9);/p-2. The van der Waals surface area contributed by atoms with Crippen molar-refractivity contribution >= 4 is 11.9 Å². The van der Waals surface area contributed by atoms with Crippen molar-refractivity contribution in [1.82, 2.24) is 0 Å². The number of rotatable bonds is 3. The number of carbonyl (C=O) groups excluding carboxylic acids is 2. The summed E-state index contributed by atoms with van der Waals surface area (Å²) in [7, 11) is 0. The molecule has 0 N–H and O–H groups in total. The Hall–Kier alpha value is -0.320. The molecule has 0 amide bonds. The number of hydrogen-bond donors (Lipinski definition) is 0. The Kier molecular flexibility index (Phi) is 6.76. The second-order valence-electron chi connectivity index (χ2n) is 1.80. The topological polar surface area (TPSA) is 80.3 Å². The molecule has 0 heterocycles. The molecule has 0 saturated carbocycles. The van der Waals surface area contributed by atoms with Crippen LogP contribution in [0.25, 0.3) is 0 Å². The van der Waals surface area contributed by atoms with Crippen molar-refractivity contribution in [3.05, 3.63) is 0 Å².